The van der Waals surface area contributed by atoms with E-state index in [-0.39, 0.29) is 11.9 Å². The Morgan fingerprint density at radius 3 is 2.71 bits per heavy atom. The maximum Gasteiger partial charge on any atom is 0.142 e. The van der Waals surface area contributed by atoms with Crippen LogP contribution in [0.1, 0.15) is 30.9 Å². The lowest BCUT2D eigenvalue weighted by atomic mass is 10.1. The molecule has 2 rings (SSSR count). The van der Waals surface area contributed by atoms with Crippen molar-refractivity contribution in [1.29, 1.82) is 0 Å². The fourth-order valence-corrected chi connectivity index (χ4v) is 1.71. The second-order valence-corrected chi connectivity index (χ2v) is 4.47. The first kappa shape index (κ1) is 11.9. The van der Waals surface area contributed by atoms with Gasteiger partial charge >= 0.3 is 0 Å². The van der Waals surface area contributed by atoms with Gasteiger partial charge in [-0.3, -0.25) is 0 Å². The Morgan fingerprint density at radius 1 is 1.41 bits per heavy atom. The summed E-state index contributed by atoms with van der Waals surface area (Å²) in [5.41, 5.74) is 6.62. The van der Waals surface area contributed by atoms with Crippen molar-refractivity contribution in [3.05, 3.63) is 35.9 Å². The summed E-state index contributed by atoms with van der Waals surface area (Å²) >= 11 is 0. The molecule has 1 saturated carbocycles. The van der Waals surface area contributed by atoms with Crippen molar-refractivity contribution >= 4 is 5.84 Å². The van der Waals surface area contributed by atoms with Crippen LogP contribution in [0.4, 0.5) is 0 Å². The van der Waals surface area contributed by atoms with Gasteiger partial charge in [-0.15, -0.1) is 0 Å². The minimum atomic E-state index is -0.118. The third-order valence-electron chi connectivity index (χ3n) is 2.92. The molecule has 0 amide bonds. The highest BCUT2D eigenvalue weighted by Crippen LogP contribution is 2.31. The average Bonchev–Trinajstić information content (AvgIpc) is 3.19. The largest absolute Gasteiger partial charge is 0.409 e. The molecule has 1 atom stereocenters. The van der Waals surface area contributed by atoms with Crippen molar-refractivity contribution in [2.24, 2.45) is 16.8 Å². The molecular formula is C13H18N2O2. The van der Waals surface area contributed by atoms with Crippen LogP contribution in [-0.4, -0.2) is 17.6 Å². The molecule has 92 valence electrons. The molecule has 0 spiro atoms. The lowest BCUT2D eigenvalue weighted by Gasteiger charge is -2.17. The summed E-state index contributed by atoms with van der Waals surface area (Å²) in [4.78, 5) is 0. The molecule has 3 N–H and O–H groups in total. The van der Waals surface area contributed by atoms with E-state index in [1.54, 1.807) is 0 Å². The van der Waals surface area contributed by atoms with Crippen molar-refractivity contribution in [3.8, 4) is 0 Å². The van der Waals surface area contributed by atoms with Crippen LogP contribution in [0.15, 0.2) is 35.5 Å². The van der Waals surface area contributed by atoms with E-state index in [0.29, 0.717) is 12.3 Å². The van der Waals surface area contributed by atoms with E-state index >= 15 is 0 Å². The molecule has 17 heavy (non-hydrogen) atoms. The maximum atomic E-state index is 8.63. The maximum absolute atomic E-state index is 8.63. The number of hydrogen-bond acceptors (Lipinski definition) is 3. The molecule has 1 fully saturated rings. The minimum absolute atomic E-state index is 0.118. The highest BCUT2D eigenvalue weighted by atomic mass is 16.5. The number of nitrogens with two attached hydrogens (primary N) is 1. The SMILES string of the molecule is NC(CC(OCC1CC1)c1ccccc1)=NO. The van der Waals surface area contributed by atoms with Crippen molar-refractivity contribution < 1.29 is 9.94 Å². The second-order valence-electron chi connectivity index (χ2n) is 4.47. The van der Waals surface area contributed by atoms with Crippen LogP contribution in [-0.2, 0) is 4.74 Å². The van der Waals surface area contributed by atoms with Gasteiger partial charge < -0.3 is 15.7 Å². The second kappa shape index (κ2) is 5.68. The summed E-state index contributed by atoms with van der Waals surface area (Å²) in [7, 11) is 0. The topological polar surface area (TPSA) is 67.8 Å². The monoisotopic (exact) mass is 234 g/mol. The molecule has 1 aromatic carbocycles. The molecule has 1 unspecified atom stereocenters. The molecule has 0 bridgehead atoms. The first-order valence-electron chi connectivity index (χ1n) is 5.92. The van der Waals surface area contributed by atoms with E-state index in [1.807, 2.05) is 30.3 Å². The number of oxime groups is 1. The van der Waals surface area contributed by atoms with E-state index in [1.165, 1.54) is 12.8 Å². The van der Waals surface area contributed by atoms with Crippen molar-refractivity contribution in [1.82, 2.24) is 0 Å². The van der Waals surface area contributed by atoms with Crippen LogP contribution in [0, 0.1) is 5.92 Å². The van der Waals surface area contributed by atoms with Gasteiger partial charge in [0.15, 0.2) is 0 Å². The first-order chi connectivity index (χ1) is 8.29. The molecule has 0 heterocycles. The average molecular weight is 234 g/mol. The van der Waals surface area contributed by atoms with Gasteiger partial charge in [0.2, 0.25) is 0 Å². The Hall–Kier alpha value is -1.55. The molecule has 1 aromatic rings. The number of amidine groups is 1. The van der Waals surface area contributed by atoms with Gasteiger partial charge in [0.1, 0.15) is 5.84 Å². The molecule has 0 saturated heterocycles. The third-order valence-corrected chi connectivity index (χ3v) is 2.92. The predicted molar refractivity (Wildman–Crippen MR) is 65.9 cm³/mol. The summed E-state index contributed by atoms with van der Waals surface area (Å²) in [5, 5.41) is 11.6. The Kier molecular flexibility index (Phi) is 3.98. The van der Waals surface area contributed by atoms with Crippen molar-refractivity contribution in [2.75, 3.05) is 6.61 Å². The van der Waals surface area contributed by atoms with E-state index < -0.39 is 0 Å². The zero-order valence-corrected chi connectivity index (χ0v) is 9.75. The Balaban J connectivity index is 2.00. The highest BCUT2D eigenvalue weighted by Gasteiger charge is 2.24. The fourth-order valence-electron chi connectivity index (χ4n) is 1.71. The third kappa shape index (κ3) is 3.75. The summed E-state index contributed by atoms with van der Waals surface area (Å²) in [6.07, 6.45) is 2.82. The highest BCUT2D eigenvalue weighted by molar-refractivity contribution is 5.80. The Labute approximate surface area is 101 Å². The number of ether oxygens (including phenoxy) is 1. The van der Waals surface area contributed by atoms with Gasteiger partial charge in [-0.1, -0.05) is 35.5 Å². The zero-order chi connectivity index (χ0) is 12.1. The van der Waals surface area contributed by atoms with Crippen LogP contribution in [0.3, 0.4) is 0 Å². The van der Waals surface area contributed by atoms with Crippen molar-refractivity contribution in [2.45, 2.75) is 25.4 Å². The van der Waals surface area contributed by atoms with E-state index in [2.05, 4.69) is 5.16 Å². The fraction of sp³-hybridized carbons (Fsp3) is 0.462. The number of rotatable bonds is 6. The molecule has 1 aliphatic rings. The van der Waals surface area contributed by atoms with Gasteiger partial charge in [-0.25, -0.2) is 0 Å². The van der Waals surface area contributed by atoms with Crippen molar-refractivity contribution in [3.63, 3.8) is 0 Å². The van der Waals surface area contributed by atoms with Crippen LogP contribution in [0.2, 0.25) is 0 Å². The van der Waals surface area contributed by atoms with E-state index in [4.69, 9.17) is 15.7 Å². The Morgan fingerprint density at radius 2 is 2.12 bits per heavy atom. The number of hydrogen-bond donors (Lipinski definition) is 2. The Bertz CT molecular complexity index is 374. The van der Waals surface area contributed by atoms with Gasteiger partial charge in [0.05, 0.1) is 12.7 Å². The molecule has 0 aromatic heterocycles. The minimum Gasteiger partial charge on any atom is -0.409 e. The summed E-state index contributed by atoms with van der Waals surface area (Å²) in [6.45, 7) is 0.762. The quantitative estimate of drug-likeness (QED) is 0.343. The molecule has 0 aliphatic heterocycles. The zero-order valence-electron chi connectivity index (χ0n) is 9.75. The lowest BCUT2D eigenvalue weighted by Crippen LogP contribution is -2.18. The molecule has 4 heteroatoms. The molecule has 1 aliphatic carbocycles. The van der Waals surface area contributed by atoms with Crippen LogP contribution < -0.4 is 5.73 Å². The summed E-state index contributed by atoms with van der Waals surface area (Å²) < 4.78 is 5.85. The summed E-state index contributed by atoms with van der Waals surface area (Å²) in [5.74, 6) is 0.906. The van der Waals surface area contributed by atoms with Crippen LogP contribution >= 0.6 is 0 Å². The number of nitrogens with zero attached hydrogens (tertiary/aromatic N) is 1. The lowest BCUT2D eigenvalue weighted by molar-refractivity contribution is 0.0494. The molecular weight excluding hydrogens is 216 g/mol. The van der Waals surface area contributed by atoms with E-state index in [0.717, 1.165) is 12.2 Å². The van der Waals surface area contributed by atoms with Gasteiger partial charge in [0, 0.05) is 6.42 Å². The van der Waals surface area contributed by atoms with Crippen LogP contribution in [0.25, 0.3) is 0 Å². The van der Waals surface area contributed by atoms with E-state index in [9.17, 15) is 0 Å². The van der Waals surface area contributed by atoms with Gasteiger partial charge in [-0.2, -0.15) is 0 Å². The van der Waals surface area contributed by atoms with Crippen LogP contribution in [0.5, 0.6) is 0 Å². The van der Waals surface area contributed by atoms with Gasteiger partial charge in [-0.05, 0) is 24.3 Å². The molecule has 0 radical (unpaired) electrons. The normalized spacial score (nSPS) is 18.0. The van der Waals surface area contributed by atoms with Gasteiger partial charge in [0.25, 0.3) is 0 Å². The molecule has 4 nitrogen and oxygen atoms in total. The predicted octanol–water partition coefficient (Wildman–Crippen LogP) is 2.29. The number of benzene rings is 1. The standard InChI is InChI=1S/C13H18N2O2/c14-13(15-16)8-12(17-9-10-6-7-10)11-4-2-1-3-5-11/h1-5,10,12,16H,6-9H2,(H2,14,15). The first-order valence-corrected chi connectivity index (χ1v) is 5.92. The smallest absolute Gasteiger partial charge is 0.142 e. The summed E-state index contributed by atoms with van der Waals surface area (Å²) in [6, 6.07) is 9.90.